The summed E-state index contributed by atoms with van der Waals surface area (Å²) in [6.07, 6.45) is 1.16. The first-order valence-corrected chi connectivity index (χ1v) is 8.19. The molecule has 0 aliphatic carbocycles. The summed E-state index contributed by atoms with van der Waals surface area (Å²) >= 11 is 0. The molecule has 0 spiro atoms. The molecule has 4 heteroatoms. The third kappa shape index (κ3) is 4.31. The number of hydrogen-bond acceptors (Lipinski definition) is 4. The van der Waals surface area contributed by atoms with Gasteiger partial charge in [0.25, 0.3) is 0 Å². The van der Waals surface area contributed by atoms with Gasteiger partial charge in [0.2, 0.25) is 0 Å². The van der Waals surface area contributed by atoms with Gasteiger partial charge in [-0.2, -0.15) is 0 Å². The van der Waals surface area contributed by atoms with Crippen LogP contribution in [-0.2, 0) is 13.1 Å². The zero-order valence-corrected chi connectivity index (χ0v) is 14.3. The van der Waals surface area contributed by atoms with Crippen LogP contribution in [0.1, 0.15) is 37.4 Å². The van der Waals surface area contributed by atoms with Gasteiger partial charge >= 0.3 is 0 Å². The first-order chi connectivity index (χ1) is 10.0. The van der Waals surface area contributed by atoms with Crippen LogP contribution in [0.4, 0.5) is 0 Å². The fourth-order valence-electron chi connectivity index (χ4n) is 3.29. The van der Waals surface area contributed by atoms with Crippen molar-refractivity contribution in [1.29, 1.82) is 0 Å². The highest BCUT2D eigenvalue weighted by atomic mass is 16.3. The molecule has 2 unspecified atom stereocenters. The molecule has 1 aromatic heterocycles. The third-order valence-electron chi connectivity index (χ3n) is 4.47. The maximum atomic E-state index is 6.04. The highest BCUT2D eigenvalue weighted by Crippen LogP contribution is 2.23. The molecule has 0 saturated carbocycles. The Morgan fingerprint density at radius 2 is 2.14 bits per heavy atom. The summed E-state index contributed by atoms with van der Waals surface area (Å²) in [5.74, 6) is 2.92. The van der Waals surface area contributed by atoms with E-state index in [2.05, 4.69) is 56.0 Å². The molecule has 1 saturated heterocycles. The molecule has 1 fully saturated rings. The Hall–Kier alpha value is -0.840. The van der Waals surface area contributed by atoms with Gasteiger partial charge < -0.3 is 14.6 Å². The molecule has 2 atom stereocenters. The number of likely N-dealkylation sites (N-methyl/N-ethyl adjacent to an activating group) is 1. The summed E-state index contributed by atoms with van der Waals surface area (Å²) in [7, 11) is 4.36. The molecule has 1 aliphatic heterocycles. The number of nitrogens with one attached hydrogen (secondary N) is 1. The molecular weight excluding hydrogens is 262 g/mol. The Bertz CT molecular complexity index is 441. The molecule has 0 amide bonds. The summed E-state index contributed by atoms with van der Waals surface area (Å²) in [5.41, 5.74) is 1.27. The van der Waals surface area contributed by atoms with E-state index in [1.807, 2.05) is 0 Å². The highest BCUT2D eigenvalue weighted by molar-refractivity contribution is 5.20. The summed E-state index contributed by atoms with van der Waals surface area (Å²) in [6.45, 7) is 11.8. The van der Waals surface area contributed by atoms with Crippen LogP contribution in [0.5, 0.6) is 0 Å². The summed E-state index contributed by atoms with van der Waals surface area (Å²) in [6, 6.07) is 2.86. The van der Waals surface area contributed by atoms with Crippen LogP contribution in [0.15, 0.2) is 10.5 Å². The average molecular weight is 293 g/mol. The van der Waals surface area contributed by atoms with Gasteiger partial charge in [-0.3, -0.25) is 4.90 Å². The van der Waals surface area contributed by atoms with Gasteiger partial charge in [-0.05, 0) is 51.5 Å². The predicted octanol–water partition coefficient (Wildman–Crippen LogP) is 2.47. The van der Waals surface area contributed by atoms with Crippen molar-refractivity contribution in [2.24, 2.45) is 5.92 Å². The van der Waals surface area contributed by atoms with Gasteiger partial charge in [0.05, 0.1) is 13.1 Å². The number of nitrogens with zero attached hydrogens (tertiary/aromatic N) is 2. The number of rotatable bonds is 7. The van der Waals surface area contributed by atoms with Crippen molar-refractivity contribution in [3.8, 4) is 0 Å². The van der Waals surface area contributed by atoms with E-state index in [0.29, 0.717) is 6.04 Å². The largest absolute Gasteiger partial charge is 0.463 e. The zero-order chi connectivity index (χ0) is 15.4. The molecule has 2 heterocycles. The molecule has 120 valence electrons. The fraction of sp³-hybridized carbons (Fsp3) is 0.765. The second kappa shape index (κ2) is 7.43. The number of hydrogen-bond donors (Lipinski definition) is 1. The molecule has 2 rings (SSSR count). The maximum absolute atomic E-state index is 6.04. The Morgan fingerprint density at radius 3 is 2.76 bits per heavy atom. The topological polar surface area (TPSA) is 31.7 Å². The highest BCUT2D eigenvalue weighted by Gasteiger charge is 2.31. The number of aryl methyl sites for hydroxylation is 1. The van der Waals surface area contributed by atoms with Crippen LogP contribution in [0.2, 0.25) is 0 Å². The van der Waals surface area contributed by atoms with E-state index in [1.54, 1.807) is 0 Å². The molecule has 1 aromatic rings. The monoisotopic (exact) mass is 293 g/mol. The minimum atomic E-state index is 0.659. The minimum absolute atomic E-state index is 0.659. The van der Waals surface area contributed by atoms with Crippen molar-refractivity contribution >= 4 is 0 Å². The molecule has 0 aromatic carbocycles. The lowest BCUT2D eigenvalue weighted by Crippen LogP contribution is -2.34. The summed E-state index contributed by atoms with van der Waals surface area (Å²) in [5, 5.41) is 3.41. The zero-order valence-electron chi connectivity index (χ0n) is 14.3. The smallest absolute Gasteiger partial charge is 0.120 e. The number of likely N-dealkylation sites (tertiary alicyclic amines) is 1. The lowest BCUT2D eigenvalue weighted by Gasteiger charge is -2.22. The van der Waals surface area contributed by atoms with Crippen LogP contribution in [0, 0.1) is 12.8 Å². The summed E-state index contributed by atoms with van der Waals surface area (Å²) in [4.78, 5) is 4.86. The van der Waals surface area contributed by atoms with E-state index in [4.69, 9.17) is 4.42 Å². The van der Waals surface area contributed by atoms with Gasteiger partial charge in [0.1, 0.15) is 11.5 Å². The Morgan fingerprint density at radius 1 is 1.38 bits per heavy atom. The van der Waals surface area contributed by atoms with Gasteiger partial charge in [0, 0.05) is 19.1 Å². The number of furan rings is 1. The Labute approximate surface area is 129 Å². The van der Waals surface area contributed by atoms with E-state index in [-0.39, 0.29) is 0 Å². The van der Waals surface area contributed by atoms with Gasteiger partial charge in [0.15, 0.2) is 0 Å². The van der Waals surface area contributed by atoms with Crippen molar-refractivity contribution in [2.75, 3.05) is 33.7 Å². The first-order valence-electron chi connectivity index (χ1n) is 8.19. The summed E-state index contributed by atoms with van der Waals surface area (Å²) < 4.78 is 6.04. The van der Waals surface area contributed by atoms with E-state index in [0.717, 1.165) is 56.6 Å². The van der Waals surface area contributed by atoms with E-state index < -0.39 is 0 Å². The molecule has 0 radical (unpaired) electrons. The van der Waals surface area contributed by atoms with Crippen molar-refractivity contribution in [3.63, 3.8) is 0 Å². The fourth-order valence-corrected chi connectivity index (χ4v) is 3.29. The molecule has 21 heavy (non-hydrogen) atoms. The van der Waals surface area contributed by atoms with Gasteiger partial charge in [-0.15, -0.1) is 0 Å². The van der Waals surface area contributed by atoms with Crippen LogP contribution in [0.3, 0.4) is 0 Å². The molecule has 0 bridgehead atoms. The minimum Gasteiger partial charge on any atom is -0.463 e. The lowest BCUT2D eigenvalue weighted by molar-refractivity contribution is 0.242. The molecular formula is C17H31N3O. The molecule has 1 aliphatic rings. The lowest BCUT2D eigenvalue weighted by atomic mass is 10.1. The quantitative estimate of drug-likeness (QED) is 0.783. The van der Waals surface area contributed by atoms with Crippen LogP contribution in [-0.4, -0.2) is 49.6 Å². The first kappa shape index (κ1) is 16.5. The SMILES string of the molecule is CCCNCc1oc(CN2CC(C)C(N(C)C)C2)cc1C. The van der Waals surface area contributed by atoms with Crippen molar-refractivity contribution in [1.82, 2.24) is 15.1 Å². The second-order valence-electron chi connectivity index (χ2n) is 6.70. The van der Waals surface area contributed by atoms with E-state index in [1.165, 1.54) is 5.56 Å². The predicted molar refractivity (Wildman–Crippen MR) is 87.4 cm³/mol. The molecule has 1 N–H and O–H groups in total. The van der Waals surface area contributed by atoms with Crippen molar-refractivity contribution in [3.05, 3.63) is 23.2 Å². The van der Waals surface area contributed by atoms with Crippen molar-refractivity contribution in [2.45, 2.75) is 46.3 Å². The Kier molecular flexibility index (Phi) is 5.85. The molecule has 4 nitrogen and oxygen atoms in total. The maximum Gasteiger partial charge on any atom is 0.120 e. The van der Waals surface area contributed by atoms with Crippen LogP contribution < -0.4 is 5.32 Å². The second-order valence-corrected chi connectivity index (χ2v) is 6.70. The van der Waals surface area contributed by atoms with E-state index in [9.17, 15) is 0 Å². The average Bonchev–Trinajstić information content (AvgIpc) is 2.94. The third-order valence-corrected chi connectivity index (χ3v) is 4.47. The van der Waals surface area contributed by atoms with Crippen LogP contribution >= 0.6 is 0 Å². The Balaban J connectivity index is 1.90. The van der Waals surface area contributed by atoms with E-state index >= 15 is 0 Å². The van der Waals surface area contributed by atoms with Gasteiger partial charge in [-0.25, -0.2) is 0 Å². The standard InChI is InChI=1S/C17H31N3O/c1-6-7-18-9-17-13(2)8-15(21-17)11-20-10-14(3)16(12-20)19(4)5/h8,14,16,18H,6-7,9-12H2,1-5H3. The normalized spacial score (nSPS) is 23.3. The van der Waals surface area contributed by atoms with Crippen LogP contribution in [0.25, 0.3) is 0 Å². The van der Waals surface area contributed by atoms with Gasteiger partial charge in [-0.1, -0.05) is 13.8 Å². The van der Waals surface area contributed by atoms with Crippen molar-refractivity contribution < 1.29 is 4.42 Å².